The van der Waals surface area contributed by atoms with Gasteiger partial charge in [0.2, 0.25) is 17.2 Å². The van der Waals surface area contributed by atoms with E-state index >= 15 is 0 Å². The van der Waals surface area contributed by atoms with E-state index in [0.29, 0.717) is 23.7 Å². The lowest BCUT2D eigenvalue weighted by Crippen LogP contribution is -2.21. The lowest BCUT2D eigenvalue weighted by atomic mass is 10.3. The van der Waals surface area contributed by atoms with Gasteiger partial charge in [0, 0.05) is 47.1 Å². The molecule has 28 heavy (non-hydrogen) atoms. The molecule has 1 aromatic heterocycles. The summed E-state index contributed by atoms with van der Waals surface area (Å²) >= 11 is 0. The van der Waals surface area contributed by atoms with Crippen molar-refractivity contribution in [2.45, 2.75) is 26.0 Å². The van der Waals surface area contributed by atoms with Gasteiger partial charge in [-0.2, -0.15) is 0 Å². The summed E-state index contributed by atoms with van der Waals surface area (Å²) in [5.41, 5.74) is 1.33. The number of benzene rings is 1. The van der Waals surface area contributed by atoms with Crippen molar-refractivity contribution in [3.8, 4) is 5.75 Å². The molecule has 2 amide bonds. The van der Waals surface area contributed by atoms with Crippen molar-refractivity contribution in [1.29, 1.82) is 0 Å². The molecule has 2 rings (SSSR count). The highest BCUT2D eigenvalue weighted by Crippen LogP contribution is 2.13. The van der Waals surface area contributed by atoms with Crippen LogP contribution in [0.3, 0.4) is 0 Å². The molecule has 0 spiro atoms. The molecule has 9 heteroatoms. The molecule has 1 atom stereocenters. The Morgan fingerprint density at radius 2 is 1.79 bits per heavy atom. The number of pyridine rings is 1. The summed E-state index contributed by atoms with van der Waals surface area (Å²) in [6.07, 6.45) is 2.23. The Balaban J connectivity index is 1.87. The molecule has 0 bridgehead atoms. The minimum atomic E-state index is -1.49. The summed E-state index contributed by atoms with van der Waals surface area (Å²) in [7, 11) is -1.49. The molecule has 0 radical (unpaired) electrons. The second-order valence-electron chi connectivity index (χ2n) is 6.07. The zero-order valence-corrected chi connectivity index (χ0v) is 16.6. The predicted molar refractivity (Wildman–Crippen MR) is 109 cm³/mol. The molecule has 2 aromatic rings. The van der Waals surface area contributed by atoms with Crippen molar-refractivity contribution >= 4 is 34.0 Å². The zero-order valence-electron chi connectivity index (χ0n) is 15.7. The van der Waals surface area contributed by atoms with Gasteiger partial charge in [-0.3, -0.25) is 18.6 Å². The van der Waals surface area contributed by atoms with E-state index in [4.69, 9.17) is 4.74 Å². The standard InChI is InChI=1S/C19H23N3O5S/c1-3-8-27-18-10-20-16(9-17(18)24)11-28(26)12-19(25)22-15-6-4-14(5-7-15)21-13(2)23/h4-7,9-10H,3,8,11-12H2,1-2H3,(H,20,24)(H,21,23)(H,22,25). The lowest BCUT2D eigenvalue weighted by Gasteiger charge is -2.08. The van der Waals surface area contributed by atoms with Gasteiger partial charge in [-0.25, -0.2) is 0 Å². The number of carbonyl (C=O) groups excluding carboxylic acids is 2. The molecule has 150 valence electrons. The van der Waals surface area contributed by atoms with E-state index < -0.39 is 16.7 Å². The van der Waals surface area contributed by atoms with Crippen LogP contribution in [0.15, 0.2) is 41.3 Å². The predicted octanol–water partition coefficient (Wildman–Crippen LogP) is 2.01. The van der Waals surface area contributed by atoms with E-state index in [0.717, 1.165) is 6.42 Å². The number of H-pyrrole nitrogens is 1. The molecular weight excluding hydrogens is 382 g/mol. The molecular formula is C19H23N3O5S. The third kappa shape index (κ3) is 6.99. The van der Waals surface area contributed by atoms with Crippen LogP contribution in [0.1, 0.15) is 26.0 Å². The van der Waals surface area contributed by atoms with Crippen molar-refractivity contribution in [3.63, 3.8) is 0 Å². The van der Waals surface area contributed by atoms with Gasteiger partial charge in [0.15, 0.2) is 5.75 Å². The fourth-order valence-corrected chi connectivity index (χ4v) is 3.30. The van der Waals surface area contributed by atoms with Gasteiger partial charge < -0.3 is 20.4 Å². The summed E-state index contributed by atoms with van der Waals surface area (Å²) < 4.78 is 17.5. The van der Waals surface area contributed by atoms with Gasteiger partial charge in [-0.15, -0.1) is 0 Å². The van der Waals surface area contributed by atoms with E-state index in [2.05, 4.69) is 15.6 Å². The molecule has 1 unspecified atom stereocenters. The first-order valence-electron chi connectivity index (χ1n) is 8.74. The van der Waals surface area contributed by atoms with E-state index in [-0.39, 0.29) is 28.6 Å². The number of ether oxygens (including phenoxy) is 1. The number of amides is 2. The van der Waals surface area contributed by atoms with Crippen molar-refractivity contribution in [2.24, 2.45) is 0 Å². The molecule has 8 nitrogen and oxygen atoms in total. The largest absolute Gasteiger partial charge is 0.488 e. The maximum atomic E-state index is 12.2. The van der Waals surface area contributed by atoms with Gasteiger partial charge in [0.1, 0.15) is 5.75 Å². The Morgan fingerprint density at radius 3 is 2.36 bits per heavy atom. The average molecular weight is 405 g/mol. The van der Waals surface area contributed by atoms with Crippen LogP contribution in [0.2, 0.25) is 0 Å². The van der Waals surface area contributed by atoms with E-state index in [1.165, 1.54) is 19.2 Å². The summed E-state index contributed by atoms with van der Waals surface area (Å²) in [5, 5.41) is 5.27. The lowest BCUT2D eigenvalue weighted by molar-refractivity contribution is -0.114. The van der Waals surface area contributed by atoms with Crippen molar-refractivity contribution in [1.82, 2.24) is 4.98 Å². The fraction of sp³-hybridized carbons (Fsp3) is 0.316. The molecule has 0 fully saturated rings. The summed E-state index contributed by atoms with van der Waals surface area (Å²) in [5.74, 6) is -0.523. The average Bonchev–Trinajstić information content (AvgIpc) is 2.62. The van der Waals surface area contributed by atoms with E-state index in [1.54, 1.807) is 24.3 Å². The quantitative estimate of drug-likeness (QED) is 0.590. The first-order chi connectivity index (χ1) is 13.4. The third-order valence-electron chi connectivity index (χ3n) is 3.50. The maximum absolute atomic E-state index is 12.2. The highest BCUT2D eigenvalue weighted by atomic mass is 32.2. The van der Waals surface area contributed by atoms with Crippen LogP contribution >= 0.6 is 0 Å². The van der Waals surface area contributed by atoms with Gasteiger partial charge in [0.05, 0.1) is 12.4 Å². The topological polar surface area (TPSA) is 117 Å². The molecule has 1 aromatic carbocycles. The molecule has 0 saturated carbocycles. The Hall–Kier alpha value is -2.94. The number of aromatic amines is 1. The fourth-order valence-electron chi connectivity index (χ4n) is 2.32. The van der Waals surface area contributed by atoms with E-state index in [9.17, 15) is 18.6 Å². The highest BCUT2D eigenvalue weighted by Gasteiger charge is 2.11. The van der Waals surface area contributed by atoms with Crippen LogP contribution in [0.5, 0.6) is 5.75 Å². The number of nitrogens with one attached hydrogen (secondary N) is 3. The number of hydrogen-bond donors (Lipinski definition) is 3. The number of anilines is 2. The Morgan fingerprint density at radius 1 is 1.14 bits per heavy atom. The Kier molecular flexibility index (Phi) is 7.94. The first-order valence-corrected chi connectivity index (χ1v) is 10.2. The van der Waals surface area contributed by atoms with Crippen LogP contribution < -0.4 is 20.8 Å². The summed E-state index contributed by atoms with van der Waals surface area (Å²) in [6, 6.07) is 7.92. The summed E-state index contributed by atoms with van der Waals surface area (Å²) in [6.45, 7) is 3.79. The third-order valence-corrected chi connectivity index (χ3v) is 4.71. The normalized spacial score (nSPS) is 11.5. The SMILES string of the molecule is CCCOc1c[nH]c(CS(=O)CC(=O)Nc2ccc(NC(C)=O)cc2)cc1=O. The monoisotopic (exact) mass is 405 g/mol. The molecule has 0 aliphatic rings. The molecule has 0 saturated heterocycles. The van der Waals surface area contributed by atoms with Crippen LogP contribution in [-0.4, -0.2) is 33.4 Å². The van der Waals surface area contributed by atoms with Gasteiger partial charge in [0.25, 0.3) is 0 Å². The highest BCUT2D eigenvalue weighted by molar-refractivity contribution is 7.84. The van der Waals surface area contributed by atoms with Gasteiger partial charge >= 0.3 is 0 Å². The van der Waals surface area contributed by atoms with Crippen molar-refractivity contribution < 1.29 is 18.5 Å². The molecule has 0 aliphatic heterocycles. The van der Waals surface area contributed by atoms with Crippen molar-refractivity contribution in [2.75, 3.05) is 23.0 Å². The second-order valence-corrected chi connectivity index (χ2v) is 7.53. The van der Waals surface area contributed by atoms with Gasteiger partial charge in [-0.1, -0.05) is 6.92 Å². The van der Waals surface area contributed by atoms with Gasteiger partial charge in [-0.05, 0) is 30.7 Å². The van der Waals surface area contributed by atoms with Crippen LogP contribution in [-0.2, 0) is 26.1 Å². The summed E-state index contributed by atoms with van der Waals surface area (Å²) in [4.78, 5) is 37.9. The minimum absolute atomic E-state index is 0.0538. The smallest absolute Gasteiger partial charge is 0.237 e. The van der Waals surface area contributed by atoms with Crippen LogP contribution in [0.25, 0.3) is 0 Å². The minimum Gasteiger partial charge on any atom is -0.488 e. The van der Waals surface area contributed by atoms with Crippen molar-refractivity contribution in [3.05, 3.63) is 52.4 Å². The number of carbonyl (C=O) groups is 2. The van der Waals surface area contributed by atoms with E-state index in [1.807, 2.05) is 6.92 Å². The van der Waals surface area contributed by atoms with Crippen LogP contribution in [0.4, 0.5) is 11.4 Å². The molecule has 0 aliphatic carbocycles. The molecule has 1 heterocycles. The zero-order chi connectivity index (χ0) is 20.5. The van der Waals surface area contributed by atoms with Crippen LogP contribution in [0, 0.1) is 0 Å². The first kappa shape index (κ1) is 21.4. The number of rotatable bonds is 9. The Labute approximate surface area is 165 Å². The maximum Gasteiger partial charge on any atom is 0.237 e. The second kappa shape index (κ2) is 10.4. The number of aromatic nitrogens is 1. The molecule has 3 N–H and O–H groups in total. The number of hydrogen-bond acceptors (Lipinski definition) is 5. The Bertz CT molecular complexity index is 909.